The minimum Gasteiger partial charge on any atom is -1.00 e. The molecule has 0 saturated carbocycles. The molecular weight excluding hydrogens is 752 g/mol. The minimum atomic E-state index is -1.39. The maximum atomic E-state index is 11.7. The van der Waals surface area contributed by atoms with Crippen LogP contribution in [0.5, 0.6) is 0 Å². The van der Waals surface area contributed by atoms with Crippen LogP contribution >= 0.6 is 69.1 Å². The smallest absolute Gasteiger partial charge is 0.226 e. The first-order chi connectivity index (χ1) is 21.3. The first-order valence-electron chi connectivity index (χ1n) is 13.5. The van der Waals surface area contributed by atoms with E-state index in [1.54, 1.807) is 41.8 Å². The van der Waals surface area contributed by atoms with Crippen LogP contribution in [-0.2, 0) is 18.6 Å². The Hall–Kier alpha value is -2.59. The number of thiazole rings is 2. The van der Waals surface area contributed by atoms with Crippen LogP contribution in [0.3, 0.4) is 0 Å². The number of nitrogens with zero attached hydrogens (tertiary/aromatic N) is 3. The monoisotopic (exact) mass is 773 g/mol. The van der Waals surface area contributed by atoms with E-state index in [0.717, 1.165) is 27.9 Å². The molecule has 3 aromatic heterocycles. The summed E-state index contributed by atoms with van der Waals surface area (Å²) in [6, 6.07) is 32.5. The van der Waals surface area contributed by atoms with Crippen LogP contribution in [0.25, 0.3) is 20.4 Å². The average molecular weight is 776 g/mol. The molecule has 1 atom stereocenters. The summed E-state index contributed by atoms with van der Waals surface area (Å²) in [5.41, 5.74) is 5.21. The number of benzene rings is 4. The molecular formula is C34H24BrCl4N3OS2. The lowest BCUT2D eigenvalue weighted by Gasteiger charge is -2.26. The van der Waals surface area contributed by atoms with E-state index in [1.165, 1.54) is 21.6 Å². The van der Waals surface area contributed by atoms with Crippen molar-refractivity contribution in [3.05, 3.63) is 157 Å². The number of pyridine rings is 1. The zero-order chi connectivity index (χ0) is 30.7. The van der Waals surface area contributed by atoms with Gasteiger partial charge in [-0.3, -0.25) is 4.98 Å². The largest absolute Gasteiger partial charge is 1.00 e. The molecule has 0 amide bonds. The number of halogens is 5. The predicted octanol–water partition coefficient (Wildman–Crippen LogP) is 7.02. The van der Waals surface area contributed by atoms with Gasteiger partial charge in [0.2, 0.25) is 11.0 Å². The average Bonchev–Trinajstić information content (AvgIpc) is 3.66. The molecule has 45 heavy (non-hydrogen) atoms. The van der Waals surface area contributed by atoms with Crippen molar-refractivity contribution in [1.82, 2.24) is 9.97 Å². The van der Waals surface area contributed by atoms with Crippen LogP contribution in [0.1, 0.15) is 21.8 Å². The molecule has 4 aromatic carbocycles. The molecule has 0 spiro atoms. The summed E-state index contributed by atoms with van der Waals surface area (Å²) >= 11 is 27.7. The van der Waals surface area contributed by atoms with Crippen LogP contribution in [0, 0.1) is 0 Å². The molecule has 0 fully saturated rings. The topological polar surface area (TPSA) is 49.9 Å². The van der Waals surface area contributed by atoms with Gasteiger partial charge in [0.25, 0.3) is 0 Å². The molecule has 0 saturated heterocycles. The number of para-hydroxylation sites is 2. The summed E-state index contributed by atoms with van der Waals surface area (Å²) in [7, 11) is 0. The molecule has 3 heterocycles. The van der Waals surface area contributed by atoms with Gasteiger partial charge in [-0.05, 0) is 66.2 Å². The highest BCUT2D eigenvalue weighted by Crippen LogP contribution is 2.38. The number of hydrogen-bond acceptors (Lipinski definition) is 5. The Morgan fingerprint density at radius 3 is 2.04 bits per heavy atom. The maximum absolute atomic E-state index is 11.7. The molecule has 1 N–H and O–H groups in total. The zero-order valence-corrected chi connectivity index (χ0v) is 29.6. The summed E-state index contributed by atoms with van der Waals surface area (Å²) in [5, 5.41) is 14.7. The van der Waals surface area contributed by atoms with E-state index in [4.69, 9.17) is 46.4 Å². The van der Waals surface area contributed by atoms with E-state index in [1.807, 2.05) is 54.6 Å². The van der Waals surface area contributed by atoms with E-state index in [0.29, 0.717) is 30.8 Å². The van der Waals surface area contributed by atoms with Crippen molar-refractivity contribution >= 4 is 89.5 Å². The zero-order valence-electron chi connectivity index (χ0n) is 23.4. The highest BCUT2D eigenvalue weighted by Gasteiger charge is 2.37. The Labute approximate surface area is 299 Å². The fourth-order valence-corrected chi connectivity index (χ4v) is 7.70. The molecule has 0 aliphatic carbocycles. The third-order valence-corrected chi connectivity index (χ3v) is 10.4. The van der Waals surface area contributed by atoms with E-state index in [9.17, 15) is 5.11 Å². The highest BCUT2D eigenvalue weighted by molar-refractivity contribution is 7.18. The summed E-state index contributed by atoms with van der Waals surface area (Å²) in [6.07, 6.45) is 1.91. The van der Waals surface area contributed by atoms with Gasteiger partial charge in [0.05, 0.1) is 20.9 Å². The third kappa shape index (κ3) is 7.70. The minimum absolute atomic E-state index is 0. The predicted molar refractivity (Wildman–Crippen MR) is 185 cm³/mol. The lowest BCUT2D eigenvalue weighted by Crippen LogP contribution is -3.00. The fraction of sp³-hybridized carbons (Fsp3) is 0.0882. The quantitative estimate of drug-likeness (QED) is 0.185. The summed E-state index contributed by atoms with van der Waals surface area (Å²) in [6.45, 7) is 0.764. The Morgan fingerprint density at radius 2 is 1.38 bits per heavy atom. The van der Waals surface area contributed by atoms with Gasteiger partial charge in [-0.1, -0.05) is 94.1 Å². The van der Waals surface area contributed by atoms with Crippen molar-refractivity contribution in [3.8, 4) is 0 Å². The number of aliphatic hydroxyl groups is 1. The molecule has 4 nitrogen and oxygen atoms in total. The first kappa shape index (κ1) is 33.8. The second kappa shape index (κ2) is 14.9. The van der Waals surface area contributed by atoms with Gasteiger partial charge in [0, 0.05) is 39.3 Å². The second-order valence-electron chi connectivity index (χ2n) is 10.0. The SMILES string of the molecule is Clc1ccc(C[n+]2csc3ccccc32)c(Cl)c1.OC(Cc1ccc(Cl)cc1Cl)(c1ccccn1)c1nc2ccccc2s1.[Br-]. The molecule has 7 rings (SSSR count). The summed E-state index contributed by atoms with van der Waals surface area (Å²) in [5.74, 6) is 0. The Kier molecular flexibility index (Phi) is 11.2. The molecule has 1 unspecified atom stereocenters. The van der Waals surface area contributed by atoms with Crippen LogP contribution in [0.4, 0.5) is 0 Å². The van der Waals surface area contributed by atoms with Gasteiger partial charge < -0.3 is 22.1 Å². The van der Waals surface area contributed by atoms with Crippen molar-refractivity contribution in [3.63, 3.8) is 0 Å². The van der Waals surface area contributed by atoms with Gasteiger partial charge in [-0.25, -0.2) is 4.98 Å². The molecule has 0 aliphatic rings. The second-order valence-corrected chi connectivity index (χ2v) is 13.6. The van der Waals surface area contributed by atoms with E-state index in [-0.39, 0.29) is 23.4 Å². The third-order valence-electron chi connectivity index (χ3n) is 7.04. The molecule has 0 bridgehead atoms. The van der Waals surface area contributed by atoms with Crippen LogP contribution < -0.4 is 21.5 Å². The molecule has 11 heteroatoms. The standard InChI is InChI=1S/C20H14Cl2N2OS.C14H10Cl2NS.BrH/c21-14-9-8-13(15(22)11-14)12-20(25,18-7-3-4-10-23-18)19-24-16-5-1-2-6-17(16)26-19;15-11-6-5-10(12(16)7-11)8-17-9-18-14-4-2-1-3-13(14)17;/h1-11,25H,12H2;1-7,9H,8H2;1H/q;+1;/p-1. The van der Waals surface area contributed by atoms with Crippen molar-refractivity contribution in [2.24, 2.45) is 0 Å². The fourth-order valence-electron chi connectivity index (χ4n) is 4.80. The lowest BCUT2D eigenvalue weighted by atomic mass is 9.91. The highest BCUT2D eigenvalue weighted by atomic mass is 79.9. The molecule has 0 radical (unpaired) electrons. The van der Waals surface area contributed by atoms with Crippen LogP contribution in [0.2, 0.25) is 20.1 Å². The summed E-state index contributed by atoms with van der Waals surface area (Å²) < 4.78 is 4.50. The molecule has 7 aromatic rings. The van der Waals surface area contributed by atoms with Crippen LogP contribution in [0.15, 0.2) is 115 Å². The maximum Gasteiger partial charge on any atom is 0.226 e. The van der Waals surface area contributed by atoms with Crippen molar-refractivity contribution in [1.29, 1.82) is 0 Å². The van der Waals surface area contributed by atoms with Gasteiger partial charge >= 0.3 is 0 Å². The van der Waals surface area contributed by atoms with E-state index in [2.05, 4.69) is 44.3 Å². The van der Waals surface area contributed by atoms with Crippen molar-refractivity contribution in [2.75, 3.05) is 0 Å². The van der Waals surface area contributed by atoms with Crippen LogP contribution in [-0.4, -0.2) is 15.1 Å². The number of fused-ring (bicyclic) bond motifs is 2. The van der Waals surface area contributed by atoms with Gasteiger partial charge in [-0.2, -0.15) is 4.57 Å². The van der Waals surface area contributed by atoms with Crippen molar-refractivity contribution < 1.29 is 26.7 Å². The molecule has 0 aliphatic heterocycles. The first-order valence-corrected chi connectivity index (χ1v) is 16.7. The van der Waals surface area contributed by atoms with E-state index >= 15 is 0 Å². The molecule has 228 valence electrons. The summed E-state index contributed by atoms with van der Waals surface area (Å²) in [4.78, 5) is 9.05. The Bertz CT molecular complexity index is 2040. The van der Waals surface area contributed by atoms with Crippen molar-refractivity contribution in [2.45, 2.75) is 18.6 Å². The lowest BCUT2D eigenvalue weighted by molar-refractivity contribution is -0.658. The Balaban J connectivity index is 0.000000185. The number of aromatic nitrogens is 3. The van der Waals surface area contributed by atoms with Gasteiger partial charge in [0.1, 0.15) is 9.71 Å². The Morgan fingerprint density at radius 1 is 0.733 bits per heavy atom. The number of hydrogen-bond donors (Lipinski definition) is 1. The normalized spacial score (nSPS) is 12.3. The van der Waals surface area contributed by atoms with Gasteiger partial charge in [0.15, 0.2) is 12.1 Å². The van der Waals surface area contributed by atoms with E-state index < -0.39 is 5.60 Å². The number of rotatable bonds is 6. The van der Waals surface area contributed by atoms with Gasteiger partial charge in [-0.15, -0.1) is 11.3 Å².